The van der Waals surface area contributed by atoms with Crippen molar-refractivity contribution in [3.63, 3.8) is 0 Å². The Morgan fingerprint density at radius 2 is 2.12 bits per heavy atom. The lowest BCUT2D eigenvalue weighted by Gasteiger charge is -2.22. The quantitative estimate of drug-likeness (QED) is 0.796. The Morgan fingerprint density at radius 3 is 2.71 bits per heavy atom. The van der Waals surface area contributed by atoms with Crippen molar-refractivity contribution in [2.24, 2.45) is 0 Å². The van der Waals surface area contributed by atoms with E-state index in [-0.39, 0.29) is 29.3 Å². The molecular weight excluding hydrogens is 370 g/mol. The number of carbonyl (C=O) groups is 1. The summed E-state index contributed by atoms with van der Waals surface area (Å²) in [6, 6.07) is 5.13. The number of carbonyl (C=O) groups excluding carboxylic acids is 1. The molecule has 0 aliphatic carbocycles. The average molecular weight is 394 g/mol. The van der Waals surface area contributed by atoms with E-state index in [0.717, 1.165) is 18.1 Å². The van der Waals surface area contributed by atoms with Crippen molar-refractivity contribution in [2.75, 3.05) is 37.5 Å². The highest BCUT2D eigenvalue weighted by Gasteiger charge is 2.21. The monoisotopic (exact) mass is 393 g/mol. The van der Waals surface area contributed by atoms with Crippen LogP contribution in [0.5, 0.6) is 0 Å². The highest BCUT2D eigenvalue weighted by atomic mass is 35.5. The summed E-state index contributed by atoms with van der Waals surface area (Å²) in [7, 11) is -0.542. The molecular formula is C15H24ClN3O3S2. The molecule has 0 saturated carbocycles. The second kappa shape index (κ2) is 9.05. The van der Waals surface area contributed by atoms with E-state index in [1.165, 1.54) is 24.5 Å². The van der Waals surface area contributed by atoms with Crippen LogP contribution in [0.2, 0.25) is 0 Å². The van der Waals surface area contributed by atoms with Gasteiger partial charge in [-0.15, -0.1) is 12.4 Å². The van der Waals surface area contributed by atoms with E-state index in [9.17, 15) is 13.2 Å². The van der Waals surface area contributed by atoms with Crippen LogP contribution >= 0.6 is 24.2 Å². The summed E-state index contributed by atoms with van der Waals surface area (Å²) in [5.74, 6) is 1.88. The third-order valence-corrected chi connectivity index (χ3v) is 6.75. The molecule has 136 valence electrons. The summed E-state index contributed by atoms with van der Waals surface area (Å²) >= 11 is 1.83. The zero-order chi connectivity index (χ0) is 17.0. The minimum atomic E-state index is -3.53. The lowest BCUT2D eigenvalue weighted by atomic mass is 10.2. The third kappa shape index (κ3) is 5.35. The first-order valence-electron chi connectivity index (χ1n) is 7.45. The van der Waals surface area contributed by atoms with E-state index < -0.39 is 10.0 Å². The molecule has 1 atom stereocenters. The fraction of sp³-hybridized carbons (Fsp3) is 0.533. The van der Waals surface area contributed by atoms with Gasteiger partial charge in [-0.05, 0) is 24.6 Å². The molecule has 0 bridgehead atoms. The number of anilines is 1. The number of benzene rings is 1. The van der Waals surface area contributed by atoms with Crippen LogP contribution in [-0.4, -0.2) is 56.8 Å². The Hall–Kier alpha value is -0.800. The first kappa shape index (κ1) is 21.2. The first-order chi connectivity index (χ1) is 10.8. The molecule has 6 nitrogen and oxygen atoms in total. The molecule has 1 aromatic rings. The highest BCUT2D eigenvalue weighted by Crippen LogP contribution is 2.22. The maximum atomic E-state index is 12.3. The normalized spacial score (nSPS) is 18.1. The smallest absolute Gasteiger partial charge is 0.242 e. The number of aryl methyl sites for hydroxylation is 1. The fourth-order valence-electron chi connectivity index (χ4n) is 2.34. The van der Waals surface area contributed by atoms with E-state index in [0.29, 0.717) is 17.7 Å². The van der Waals surface area contributed by atoms with Gasteiger partial charge in [-0.1, -0.05) is 6.07 Å². The molecule has 1 aliphatic rings. The van der Waals surface area contributed by atoms with Gasteiger partial charge < -0.3 is 10.6 Å². The maximum absolute atomic E-state index is 12.3. The van der Waals surface area contributed by atoms with Crippen molar-refractivity contribution in [1.29, 1.82) is 0 Å². The Labute approximate surface area is 154 Å². The number of hydrogen-bond donors (Lipinski definition) is 2. The Morgan fingerprint density at radius 1 is 1.42 bits per heavy atom. The second-order valence-electron chi connectivity index (χ2n) is 5.75. The fourth-order valence-corrected chi connectivity index (χ4v) is 4.43. The number of nitrogens with zero attached hydrogens (tertiary/aromatic N) is 1. The van der Waals surface area contributed by atoms with Crippen LogP contribution in [0.3, 0.4) is 0 Å². The minimum absolute atomic E-state index is 0. The van der Waals surface area contributed by atoms with Crippen molar-refractivity contribution in [3.05, 3.63) is 23.8 Å². The molecule has 0 aromatic heterocycles. The SMILES string of the molecule is Cc1ccc(NC(=O)CC2CSCCN2)cc1S(=O)(=O)N(C)C.Cl. The van der Waals surface area contributed by atoms with E-state index in [1.54, 1.807) is 19.1 Å². The molecule has 9 heteroatoms. The van der Waals surface area contributed by atoms with Gasteiger partial charge in [-0.2, -0.15) is 11.8 Å². The molecule has 0 radical (unpaired) electrons. The number of rotatable bonds is 5. The summed E-state index contributed by atoms with van der Waals surface area (Å²) in [6.45, 7) is 2.66. The molecule has 24 heavy (non-hydrogen) atoms. The predicted octanol–water partition coefficient (Wildman–Crippen LogP) is 1.70. The minimum Gasteiger partial charge on any atom is -0.326 e. The molecule has 2 rings (SSSR count). The second-order valence-corrected chi connectivity index (χ2v) is 9.02. The van der Waals surface area contributed by atoms with Crippen molar-refractivity contribution in [1.82, 2.24) is 9.62 Å². The van der Waals surface area contributed by atoms with Gasteiger partial charge in [0.1, 0.15) is 0 Å². The van der Waals surface area contributed by atoms with Crippen molar-refractivity contribution < 1.29 is 13.2 Å². The van der Waals surface area contributed by atoms with Gasteiger partial charge in [0.25, 0.3) is 0 Å². The van der Waals surface area contributed by atoms with Crippen LogP contribution in [0.25, 0.3) is 0 Å². The highest BCUT2D eigenvalue weighted by molar-refractivity contribution is 7.99. The number of halogens is 1. The van der Waals surface area contributed by atoms with Crippen LogP contribution in [0.15, 0.2) is 23.1 Å². The largest absolute Gasteiger partial charge is 0.326 e. The van der Waals surface area contributed by atoms with Gasteiger partial charge in [0, 0.05) is 50.3 Å². The van der Waals surface area contributed by atoms with Crippen LogP contribution in [0, 0.1) is 6.92 Å². The molecule has 1 aromatic carbocycles. The summed E-state index contributed by atoms with van der Waals surface area (Å²) < 4.78 is 25.8. The molecule has 1 fully saturated rings. The summed E-state index contributed by atoms with van der Waals surface area (Å²) in [5.41, 5.74) is 1.16. The van der Waals surface area contributed by atoms with Crippen LogP contribution in [-0.2, 0) is 14.8 Å². The van der Waals surface area contributed by atoms with Gasteiger partial charge >= 0.3 is 0 Å². The molecule has 1 amide bonds. The lowest BCUT2D eigenvalue weighted by molar-refractivity contribution is -0.116. The number of nitrogens with one attached hydrogen (secondary N) is 2. The summed E-state index contributed by atoms with van der Waals surface area (Å²) in [5, 5.41) is 6.11. The Kier molecular flexibility index (Phi) is 8.01. The number of sulfonamides is 1. The first-order valence-corrected chi connectivity index (χ1v) is 10.0. The van der Waals surface area contributed by atoms with Gasteiger partial charge in [0.2, 0.25) is 15.9 Å². The van der Waals surface area contributed by atoms with Gasteiger partial charge in [0.05, 0.1) is 4.90 Å². The van der Waals surface area contributed by atoms with E-state index >= 15 is 0 Å². The maximum Gasteiger partial charge on any atom is 0.242 e. The number of hydrogen-bond acceptors (Lipinski definition) is 5. The van der Waals surface area contributed by atoms with Gasteiger partial charge in [0.15, 0.2) is 0 Å². The van der Waals surface area contributed by atoms with E-state index in [4.69, 9.17) is 0 Å². The van der Waals surface area contributed by atoms with Gasteiger partial charge in [-0.25, -0.2) is 12.7 Å². The van der Waals surface area contributed by atoms with Crippen molar-refractivity contribution in [2.45, 2.75) is 24.3 Å². The molecule has 1 unspecified atom stereocenters. The number of amides is 1. The molecule has 0 spiro atoms. The predicted molar refractivity (Wildman–Crippen MR) is 102 cm³/mol. The standard InChI is InChI=1S/C15H23N3O3S2.ClH/c1-11-4-5-12(8-14(11)23(20,21)18(2)3)17-15(19)9-13-10-22-7-6-16-13;/h4-5,8,13,16H,6-7,9-10H2,1-3H3,(H,17,19);1H. The zero-order valence-electron chi connectivity index (χ0n) is 14.0. The summed E-state index contributed by atoms with van der Waals surface area (Å²) in [6.07, 6.45) is 0.386. The lowest BCUT2D eigenvalue weighted by Crippen LogP contribution is -2.39. The molecule has 2 N–H and O–H groups in total. The molecule has 1 heterocycles. The average Bonchev–Trinajstić information content (AvgIpc) is 2.49. The Bertz CT molecular complexity index is 675. The third-order valence-electron chi connectivity index (χ3n) is 3.66. The molecule has 1 saturated heterocycles. The molecule has 1 aliphatic heterocycles. The van der Waals surface area contributed by atoms with Crippen LogP contribution in [0.1, 0.15) is 12.0 Å². The van der Waals surface area contributed by atoms with Crippen molar-refractivity contribution in [3.8, 4) is 0 Å². The zero-order valence-corrected chi connectivity index (χ0v) is 16.5. The van der Waals surface area contributed by atoms with Crippen molar-refractivity contribution >= 4 is 45.8 Å². The van der Waals surface area contributed by atoms with E-state index in [2.05, 4.69) is 10.6 Å². The van der Waals surface area contributed by atoms with Crippen LogP contribution in [0.4, 0.5) is 5.69 Å². The topological polar surface area (TPSA) is 78.5 Å². The summed E-state index contributed by atoms with van der Waals surface area (Å²) in [4.78, 5) is 12.4. The Balaban J connectivity index is 0.00000288. The number of thioether (sulfide) groups is 1. The van der Waals surface area contributed by atoms with Gasteiger partial charge in [-0.3, -0.25) is 4.79 Å². The van der Waals surface area contributed by atoms with Crippen LogP contribution < -0.4 is 10.6 Å². The van der Waals surface area contributed by atoms with E-state index in [1.807, 2.05) is 11.8 Å².